The number of benzene rings is 1. The number of carbonyl (C=O) groups is 1. The molecule has 1 amide bonds. The molecule has 0 aromatic heterocycles. The Morgan fingerprint density at radius 1 is 1.37 bits per heavy atom. The van der Waals surface area contributed by atoms with Gasteiger partial charge >= 0.3 is 0 Å². The van der Waals surface area contributed by atoms with Crippen LogP contribution in [0.3, 0.4) is 0 Å². The molecule has 1 atom stereocenters. The molecule has 19 heavy (non-hydrogen) atoms. The molecule has 0 aliphatic rings. The highest BCUT2D eigenvalue weighted by Gasteiger charge is 2.22. The van der Waals surface area contributed by atoms with Gasteiger partial charge in [0, 0.05) is 5.54 Å². The third-order valence-corrected chi connectivity index (χ3v) is 3.04. The van der Waals surface area contributed by atoms with E-state index in [2.05, 4.69) is 10.6 Å². The fourth-order valence-electron chi connectivity index (χ4n) is 1.44. The summed E-state index contributed by atoms with van der Waals surface area (Å²) in [7, 11) is 0. The molecule has 0 radical (unpaired) electrons. The van der Waals surface area contributed by atoms with Gasteiger partial charge in [-0.3, -0.25) is 4.79 Å². The second-order valence-electron chi connectivity index (χ2n) is 5.22. The highest BCUT2D eigenvalue weighted by Crippen LogP contribution is 2.16. The molecule has 0 fully saturated rings. The molecular weight excluding hydrogens is 250 g/mol. The number of amides is 1. The highest BCUT2D eigenvalue weighted by molar-refractivity contribution is 5.84. The van der Waals surface area contributed by atoms with Crippen LogP contribution >= 0.6 is 0 Å². The van der Waals surface area contributed by atoms with E-state index in [0.29, 0.717) is 0 Å². The number of carbonyl (C=O) groups excluding carboxylic acids is 1. The number of nitrogens with one attached hydrogen (secondary N) is 2. The second kappa shape index (κ2) is 5.99. The summed E-state index contributed by atoms with van der Waals surface area (Å²) < 4.78 is 26.5. The quantitative estimate of drug-likeness (QED) is 0.863. The van der Waals surface area contributed by atoms with Crippen LogP contribution in [-0.4, -0.2) is 17.5 Å². The van der Waals surface area contributed by atoms with Crippen molar-refractivity contribution in [2.24, 2.45) is 0 Å². The lowest BCUT2D eigenvalue weighted by molar-refractivity contribution is -0.123. The van der Waals surface area contributed by atoms with Crippen molar-refractivity contribution in [3.63, 3.8) is 0 Å². The molecule has 3 nitrogen and oxygen atoms in total. The van der Waals surface area contributed by atoms with E-state index < -0.39 is 17.7 Å². The minimum atomic E-state index is -0.651. The van der Waals surface area contributed by atoms with Gasteiger partial charge in [-0.15, -0.1) is 0 Å². The summed E-state index contributed by atoms with van der Waals surface area (Å²) in [5.74, 6) is -1.39. The molecule has 2 N–H and O–H groups in total. The Hall–Kier alpha value is -1.65. The summed E-state index contributed by atoms with van der Waals surface area (Å²) in [4.78, 5) is 11.9. The SMILES string of the molecule is CCC(C)(C)NC(=O)C(C)Nc1cc(F)ccc1F. The van der Waals surface area contributed by atoms with Gasteiger partial charge in [-0.2, -0.15) is 0 Å². The van der Waals surface area contributed by atoms with Crippen molar-refractivity contribution in [3.8, 4) is 0 Å². The van der Waals surface area contributed by atoms with Crippen LogP contribution in [0.25, 0.3) is 0 Å². The first-order valence-corrected chi connectivity index (χ1v) is 6.29. The number of hydrogen-bond donors (Lipinski definition) is 2. The van der Waals surface area contributed by atoms with E-state index in [4.69, 9.17) is 0 Å². The highest BCUT2D eigenvalue weighted by atomic mass is 19.1. The van der Waals surface area contributed by atoms with Gasteiger partial charge in [0.1, 0.15) is 17.7 Å². The maximum absolute atomic E-state index is 13.4. The van der Waals surface area contributed by atoms with Crippen molar-refractivity contribution in [3.05, 3.63) is 29.8 Å². The molecule has 1 rings (SSSR count). The van der Waals surface area contributed by atoms with Gasteiger partial charge in [0.25, 0.3) is 0 Å². The van der Waals surface area contributed by atoms with Crippen LogP contribution in [0.15, 0.2) is 18.2 Å². The van der Waals surface area contributed by atoms with Crippen LogP contribution in [0.2, 0.25) is 0 Å². The predicted molar refractivity (Wildman–Crippen MR) is 72.0 cm³/mol. The van der Waals surface area contributed by atoms with E-state index in [1.165, 1.54) is 0 Å². The lowest BCUT2D eigenvalue weighted by atomic mass is 10.0. The van der Waals surface area contributed by atoms with Crippen molar-refractivity contribution in [1.82, 2.24) is 5.32 Å². The maximum Gasteiger partial charge on any atom is 0.242 e. The second-order valence-corrected chi connectivity index (χ2v) is 5.22. The van der Waals surface area contributed by atoms with Crippen LogP contribution in [0.4, 0.5) is 14.5 Å². The smallest absolute Gasteiger partial charge is 0.242 e. The van der Waals surface area contributed by atoms with Crippen LogP contribution in [0.1, 0.15) is 34.1 Å². The fraction of sp³-hybridized carbons (Fsp3) is 0.500. The van der Waals surface area contributed by atoms with Crippen molar-refractivity contribution in [2.75, 3.05) is 5.32 Å². The Morgan fingerprint density at radius 3 is 2.58 bits per heavy atom. The monoisotopic (exact) mass is 270 g/mol. The van der Waals surface area contributed by atoms with Crippen LogP contribution in [0.5, 0.6) is 0 Å². The summed E-state index contributed by atoms with van der Waals surface area (Å²) >= 11 is 0. The molecule has 5 heteroatoms. The molecule has 0 saturated carbocycles. The summed E-state index contributed by atoms with van der Waals surface area (Å²) in [6.45, 7) is 7.37. The average Bonchev–Trinajstić information content (AvgIpc) is 2.33. The van der Waals surface area contributed by atoms with Crippen molar-refractivity contribution < 1.29 is 13.6 Å². The van der Waals surface area contributed by atoms with Crippen LogP contribution in [-0.2, 0) is 4.79 Å². The van der Waals surface area contributed by atoms with Crippen molar-refractivity contribution >= 4 is 11.6 Å². The largest absolute Gasteiger partial charge is 0.371 e. The summed E-state index contributed by atoms with van der Waals surface area (Å²) in [5, 5.41) is 5.51. The van der Waals surface area contributed by atoms with Crippen molar-refractivity contribution in [1.29, 1.82) is 0 Å². The Morgan fingerprint density at radius 2 is 2.00 bits per heavy atom. The number of halogens is 2. The Labute approximate surface area is 112 Å². The molecule has 0 heterocycles. The first-order valence-electron chi connectivity index (χ1n) is 6.29. The molecule has 1 aromatic rings. The normalized spacial score (nSPS) is 12.9. The fourth-order valence-corrected chi connectivity index (χ4v) is 1.44. The third kappa shape index (κ3) is 4.50. The van der Waals surface area contributed by atoms with Crippen LogP contribution < -0.4 is 10.6 Å². The van der Waals surface area contributed by atoms with E-state index >= 15 is 0 Å². The molecule has 1 unspecified atom stereocenters. The number of rotatable bonds is 5. The summed E-state index contributed by atoms with van der Waals surface area (Å²) in [5.41, 5.74) is -0.343. The predicted octanol–water partition coefficient (Wildman–Crippen LogP) is 3.07. The lowest BCUT2D eigenvalue weighted by Crippen LogP contribution is -2.48. The van der Waals surface area contributed by atoms with E-state index in [0.717, 1.165) is 24.6 Å². The van der Waals surface area contributed by atoms with E-state index in [-0.39, 0.29) is 17.1 Å². The Kier molecular flexibility index (Phi) is 4.86. The molecule has 0 spiro atoms. The number of anilines is 1. The molecule has 0 aliphatic heterocycles. The minimum absolute atomic E-state index is 0.0167. The Balaban J connectivity index is 2.71. The molecule has 0 saturated heterocycles. The van der Waals surface area contributed by atoms with Crippen molar-refractivity contribution in [2.45, 2.75) is 45.7 Å². The van der Waals surface area contributed by atoms with Gasteiger partial charge in [-0.05, 0) is 45.4 Å². The van der Waals surface area contributed by atoms with E-state index in [1.807, 2.05) is 20.8 Å². The standard InChI is InChI=1S/C14H20F2N2O/c1-5-14(3,4)18-13(19)9(2)17-12-8-10(15)6-7-11(12)16/h6-9,17H,5H2,1-4H3,(H,18,19). The van der Waals surface area contributed by atoms with E-state index in [9.17, 15) is 13.6 Å². The molecule has 106 valence electrons. The van der Waals surface area contributed by atoms with Gasteiger partial charge in [0.15, 0.2) is 0 Å². The van der Waals surface area contributed by atoms with Crippen LogP contribution in [0, 0.1) is 11.6 Å². The molecular formula is C14H20F2N2O. The first kappa shape index (κ1) is 15.4. The molecule has 1 aromatic carbocycles. The topological polar surface area (TPSA) is 41.1 Å². The zero-order valence-electron chi connectivity index (χ0n) is 11.7. The summed E-state index contributed by atoms with van der Waals surface area (Å²) in [6.07, 6.45) is 0.778. The third-order valence-electron chi connectivity index (χ3n) is 3.04. The molecule has 0 bridgehead atoms. The zero-order chi connectivity index (χ0) is 14.6. The maximum atomic E-state index is 13.4. The summed E-state index contributed by atoms with van der Waals surface area (Å²) in [6, 6.07) is 2.44. The zero-order valence-corrected chi connectivity index (χ0v) is 11.7. The number of hydrogen-bond acceptors (Lipinski definition) is 2. The lowest BCUT2D eigenvalue weighted by Gasteiger charge is -2.27. The van der Waals surface area contributed by atoms with Gasteiger partial charge in [0.2, 0.25) is 5.91 Å². The Bertz CT molecular complexity index is 461. The van der Waals surface area contributed by atoms with Gasteiger partial charge in [-0.25, -0.2) is 8.78 Å². The minimum Gasteiger partial charge on any atom is -0.371 e. The first-order chi connectivity index (χ1) is 8.75. The van der Waals surface area contributed by atoms with Gasteiger partial charge in [-0.1, -0.05) is 6.92 Å². The van der Waals surface area contributed by atoms with Gasteiger partial charge < -0.3 is 10.6 Å². The molecule has 0 aliphatic carbocycles. The average molecular weight is 270 g/mol. The van der Waals surface area contributed by atoms with E-state index in [1.54, 1.807) is 6.92 Å². The van der Waals surface area contributed by atoms with Gasteiger partial charge in [0.05, 0.1) is 5.69 Å².